The fourth-order valence-corrected chi connectivity index (χ4v) is 3.38. The van der Waals surface area contributed by atoms with Crippen molar-refractivity contribution in [3.05, 3.63) is 28.0 Å². The number of hydrogen-bond donors (Lipinski definition) is 2. The van der Waals surface area contributed by atoms with Gasteiger partial charge in [-0.15, -0.1) is 12.4 Å². The molecule has 1 aromatic rings. The summed E-state index contributed by atoms with van der Waals surface area (Å²) in [5.74, 6) is -4.26. The van der Waals surface area contributed by atoms with Crippen LogP contribution in [0.4, 0.5) is 13.2 Å². The molecule has 1 aromatic carbocycles. The van der Waals surface area contributed by atoms with Crippen LogP contribution in [0.15, 0.2) is 17.0 Å². The van der Waals surface area contributed by atoms with Crippen LogP contribution in [0.5, 0.6) is 0 Å². The predicted octanol–water partition coefficient (Wildman–Crippen LogP) is 2.43. The summed E-state index contributed by atoms with van der Waals surface area (Å²) < 4.78 is 63.8. The SMILES string of the molecule is Cl.NCC(F)(F)CNS(=O)(=O)c1c(Cl)cc(F)cc1Cl. The van der Waals surface area contributed by atoms with E-state index in [-0.39, 0.29) is 12.4 Å². The van der Waals surface area contributed by atoms with Gasteiger partial charge in [0.05, 0.1) is 23.1 Å². The number of halogens is 6. The van der Waals surface area contributed by atoms with Gasteiger partial charge in [0.1, 0.15) is 10.7 Å². The summed E-state index contributed by atoms with van der Waals surface area (Å²) >= 11 is 11.1. The third-order valence-corrected chi connectivity index (χ3v) is 4.37. The van der Waals surface area contributed by atoms with E-state index in [4.69, 9.17) is 28.9 Å². The molecule has 0 aromatic heterocycles. The molecule has 0 amide bonds. The summed E-state index contributed by atoms with van der Waals surface area (Å²) in [7, 11) is -4.40. The van der Waals surface area contributed by atoms with E-state index >= 15 is 0 Å². The van der Waals surface area contributed by atoms with Crippen molar-refractivity contribution in [3.8, 4) is 0 Å². The Labute approximate surface area is 129 Å². The molecule has 0 aliphatic heterocycles. The van der Waals surface area contributed by atoms with Crippen molar-refractivity contribution in [1.82, 2.24) is 4.72 Å². The lowest BCUT2D eigenvalue weighted by Crippen LogP contribution is -2.41. The van der Waals surface area contributed by atoms with Crippen LogP contribution >= 0.6 is 35.6 Å². The van der Waals surface area contributed by atoms with Crippen molar-refractivity contribution in [3.63, 3.8) is 0 Å². The lowest BCUT2D eigenvalue weighted by molar-refractivity contribution is 0.0170. The van der Waals surface area contributed by atoms with E-state index in [0.29, 0.717) is 12.1 Å². The van der Waals surface area contributed by atoms with E-state index in [1.807, 2.05) is 0 Å². The first kappa shape index (κ1) is 19.8. The average molecular weight is 374 g/mol. The van der Waals surface area contributed by atoms with Crippen LogP contribution in [0.1, 0.15) is 0 Å². The van der Waals surface area contributed by atoms with Crippen molar-refractivity contribution in [2.24, 2.45) is 5.73 Å². The summed E-state index contributed by atoms with van der Waals surface area (Å²) in [5.41, 5.74) is 4.77. The average Bonchev–Trinajstić information content (AvgIpc) is 2.25. The zero-order valence-electron chi connectivity index (χ0n) is 9.67. The first-order valence-corrected chi connectivity index (χ1v) is 7.05. The number of nitrogens with one attached hydrogen (secondary N) is 1. The molecule has 0 unspecified atom stereocenters. The highest BCUT2D eigenvalue weighted by Gasteiger charge is 2.31. The van der Waals surface area contributed by atoms with Gasteiger partial charge in [0.15, 0.2) is 0 Å². The van der Waals surface area contributed by atoms with Crippen LogP contribution in [0, 0.1) is 5.82 Å². The normalized spacial score (nSPS) is 12.1. The second-order valence-electron chi connectivity index (χ2n) is 3.58. The van der Waals surface area contributed by atoms with Gasteiger partial charge in [-0.2, -0.15) is 0 Å². The Balaban J connectivity index is 0.00000361. The van der Waals surface area contributed by atoms with Gasteiger partial charge in [-0.3, -0.25) is 0 Å². The molecule has 0 fully saturated rings. The molecule has 1 rings (SSSR count). The maximum absolute atomic E-state index is 12.9. The quantitative estimate of drug-likeness (QED) is 0.832. The van der Waals surface area contributed by atoms with Crippen LogP contribution in [-0.2, 0) is 10.0 Å². The molecule has 4 nitrogen and oxygen atoms in total. The van der Waals surface area contributed by atoms with E-state index in [2.05, 4.69) is 0 Å². The highest BCUT2D eigenvalue weighted by atomic mass is 35.5. The molecule has 0 aliphatic carbocycles. The zero-order chi connectivity index (χ0) is 14.8. The van der Waals surface area contributed by atoms with Crippen LogP contribution < -0.4 is 10.5 Å². The van der Waals surface area contributed by atoms with Gasteiger partial charge in [-0.05, 0) is 12.1 Å². The Morgan fingerprint density at radius 1 is 1.25 bits per heavy atom. The minimum Gasteiger partial charge on any atom is -0.325 e. The zero-order valence-corrected chi connectivity index (χ0v) is 12.8. The highest BCUT2D eigenvalue weighted by Crippen LogP contribution is 2.30. The lowest BCUT2D eigenvalue weighted by Gasteiger charge is -2.15. The van der Waals surface area contributed by atoms with E-state index in [9.17, 15) is 21.6 Å². The lowest BCUT2D eigenvalue weighted by atomic mass is 10.3. The molecule has 0 spiro atoms. The smallest absolute Gasteiger partial charge is 0.273 e. The monoisotopic (exact) mass is 372 g/mol. The summed E-state index contributed by atoms with van der Waals surface area (Å²) in [6, 6.07) is 1.42. The molecular weight excluding hydrogens is 364 g/mol. The van der Waals surface area contributed by atoms with Gasteiger partial charge in [0, 0.05) is 0 Å². The standard InChI is InChI=1S/C9H9Cl2F3N2O2S.ClH/c10-6-1-5(12)2-7(11)8(6)19(17,18)16-4-9(13,14)3-15;/h1-2,16H,3-4,15H2;1H. The van der Waals surface area contributed by atoms with Crippen LogP contribution in [-0.4, -0.2) is 27.4 Å². The van der Waals surface area contributed by atoms with Crippen molar-refractivity contribution >= 4 is 45.6 Å². The molecule has 11 heteroatoms. The molecular formula is C9H10Cl3F3N2O2S. The molecule has 0 radical (unpaired) electrons. The first-order valence-electron chi connectivity index (χ1n) is 4.81. The second-order valence-corrected chi connectivity index (χ2v) is 6.10. The van der Waals surface area contributed by atoms with Crippen LogP contribution in [0.3, 0.4) is 0 Å². The maximum atomic E-state index is 12.9. The Bertz CT molecular complexity index is 561. The third kappa shape index (κ3) is 4.94. The molecule has 0 bridgehead atoms. The number of benzene rings is 1. The molecule has 3 N–H and O–H groups in total. The summed E-state index contributed by atoms with van der Waals surface area (Å²) in [6.07, 6.45) is 0. The fraction of sp³-hybridized carbons (Fsp3) is 0.333. The number of hydrogen-bond acceptors (Lipinski definition) is 3. The molecule has 0 saturated carbocycles. The van der Waals surface area contributed by atoms with Crippen molar-refractivity contribution < 1.29 is 21.6 Å². The van der Waals surface area contributed by atoms with E-state index in [1.165, 1.54) is 0 Å². The minimum absolute atomic E-state index is 0. The molecule has 20 heavy (non-hydrogen) atoms. The van der Waals surface area contributed by atoms with E-state index < -0.39 is 49.8 Å². The predicted molar refractivity (Wildman–Crippen MR) is 72.9 cm³/mol. The van der Waals surface area contributed by atoms with E-state index in [0.717, 1.165) is 0 Å². The molecule has 116 valence electrons. The largest absolute Gasteiger partial charge is 0.325 e. The Morgan fingerprint density at radius 2 is 1.70 bits per heavy atom. The van der Waals surface area contributed by atoms with Crippen molar-refractivity contribution in [1.29, 1.82) is 0 Å². The number of alkyl halides is 2. The Hall–Kier alpha value is -0.250. The van der Waals surface area contributed by atoms with Crippen LogP contribution in [0.2, 0.25) is 10.0 Å². The summed E-state index contributed by atoms with van der Waals surface area (Å²) in [5, 5.41) is -1.01. The second kappa shape index (κ2) is 7.15. The Morgan fingerprint density at radius 3 is 2.10 bits per heavy atom. The highest BCUT2D eigenvalue weighted by molar-refractivity contribution is 7.89. The molecule has 0 saturated heterocycles. The fourth-order valence-electron chi connectivity index (χ4n) is 1.13. The molecule has 0 atom stereocenters. The number of rotatable bonds is 5. The van der Waals surface area contributed by atoms with Gasteiger partial charge >= 0.3 is 0 Å². The summed E-state index contributed by atoms with van der Waals surface area (Å²) in [6.45, 7) is -2.24. The summed E-state index contributed by atoms with van der Waals surface area (Å²) in [4.78, 5) is -0.662. The van der Waals surface area contributed by atoms with Crippen LogP contribution in [0.25, 0.3) is 0 Å². The van der Waals surface area contributed by atoms with Gasteiger partial charge < -0.3 is 5.73 Å². The third-order valence-electron chi connectivity index (χ3n) is 2.05. The molecule has 0 heterocycles. The van der Waals surface area contributed by atoms with Gasteiger partial charge in [0.2, 0.25) is 10.0 Å². The van der Waals surface area contributed by atoms with Gasteiger partial charge in [0.25, 0.3) is 5.92 Å². The maximum Gasteiger partial charge on any atom is 0.273 e. The number of sulfonamides is 1. The topological polar surface area (TPSA) is 72.2 Å². The van der Waals surface area contributed by atoms with E-state index in [1.54, 1.807) is 4.72 Å². The van der Waals surface area contributed by atoms with Crippen molar-refractivity contribution in [2.45, 2.75) is 10.8 Å². The minimum atomic E-state index is -4.40. The van der Waals surface area contributed by atoms with Crippen molar-refractivity contribution in [2.75, 3.05) is 13.1 Å². The van der Waals surface area contributed by atoms with Gasteiger partial charge in [-0.1, -0.05) is 23.2 Å². The number of nitrogens with two attached hydrogens (primary N) is 1. The Kier molecular flexibility index (Phi) is 7.06. The molecule has 0 aliphatic rings. The van der Waals surface area contributed by atoms with Gasteiger partial charge in [-0.25, -0.2) is 26.3 Å². The first-order chi connectivity index (χ1) is 8.59.